The highest BCUT2D eigenvalue weighted by Crippen LogP contribution is 2.28. The zero-order chi connectivity index (χ0) is 19.4. The number of hydrogen-bond acceptors (Lipinski definition) is 4. The van der Waals surface area contributed by atoms with Gasteiger partial charge < -0.3 is 15.4 Å². The summed E-state index contributed by atoms with van der Waals surface area (Å²) < 4.78 is 5.37. The molecule has 0 saturated carbocycles. The molecule has 0 bridgehead atoms. The minimum Gasteiger partial charge on any atom is -0.482 e. The first kappa shape index (κ1) is 18.8. The predicted molar refractivity (Wildman–Crippen MR) is 113 cm³/mol. The summed E-state index contributed by atoms with van der Waals surface area (Å²) >= 11 is 5.38. The van der Waals surface area contributed by atoms with E-state index >= 15 is 0 Å². The summed E-state index contributed by atoms with van der Waals surface area (Å²) in [5, 5.41) is 10.8. The van der Waals surface area contributed by atoms with Gasteiger partial charge in [0.05, 0.1) is 11.4 Å². The molecule has 0 saturated heterocycles. The third-order valence-corrected chi connectivity index (χ3v) is 4.53. The van der Waals surface area contributed by atoms with Gasteiger partial charge in [-0.3, -0.25) is 10.2 Å². The largest absolute Gasteiger partial charge is 0.482 e. The maximum absolute atomic E-state index is 11.5. The van der Waals surface area contributed by atoms with E-state index in [9.17, 15) is 4.79 Å². The molecule has 0 aromatic heterocycles. The first-order valence-corrected chi connectivity index (χ1v) is 9.15. The number of benzene rings is 2. The van der Waals surface area contributed by atoms with Crippen LogP contribution in [0.4, 0.5) is 11.4 Å². The number of anilines is 2. The van der Waals surface area contributed by atoms with Crippen LogP contribution in [0.25, 0.3) is 0 Å². The highest BCUT2D eigenvalue weighted by Gasteiger charge is 2.16. The number of nitrogens with zero attached hydrogens (tertiary/aromatic N) is 1. The summed E-state index contributed by atoms with van der Waals surface area (Å²) in [6.45, 7) is 6.06. The van der Waals surface area contributed by atoms with Gasteiger partial charge in [-0.1, -0.05) is 25.1 Å². The van der Waals surface area contributed by atoms with Crippen molar-refractivity contribution in [1.82, 2.24) is 5.43 Å². The number of carbonyl (C=O) groups is 1. The van der Waals surface area contributed by atoms with E-state index in [0.29, 0.717) is 16.5 Å². The molecule has 0 atom stereocenters. The summed E-state index contributed by atoms with van der Waals surface area (Å²) in [6, 6.07) is 11.7. The van der Waals surface area contributed by atoms with E-state index in [1.54, 1.807) is 0 Å². The van der Waals surface area contributed by atoms with Gasteiger partial charge in [0.25, 0.3) is 5.91 Å². The van der Waals surface area contributed by atoms with E-state index in [2.05, 4.69) is 34.2 Å². The first-order chi connectivity index (χ1) is 13.0. The molecule has 0 fully saturated rings. The molecule has 1 aliphatic rings. The van der Waals surface area contributed by atoms with E-state index in [-0.39, 0.29) is 12.5 Å². The van der Waals surface area contributed by atoms with Gasteiger partial charge in [-0.2, -0.15) is 5.10 Å². The number of para-hydroxylation sites is 1. The number of amides is 1. The Balaban J connectivity index is 1.70. The molecule has 6 nitrogen and oxygen atoms in total. The third-order valence-electron chi connectivity index (χ3n) is 4.33. The first-order valence-electron chi connectivity index (χ1n) is 8.74. The van der Waals surface area contributed by atoms with Crippen LogP contribution in [0, 0.1) is 6.92 Å². The SMILES string of the molecule is CCc1cccc(C)c1NC(=S)N/N=C(/C)c1ccc2c(c1)NC(=O)CO2. The Kier molecular flexibility index (Phi) is 5.71. The molecular weight excluding hydrogens is 360 g/mol. The zero-order valence-electron chi connectivity index (χ0n) is 15.6. The van der Waals surface area contributed by atoms with Gasteiger partial charge in [-0.15, -0.1) is 0 Å². The van der Waals surface area contributed by atoms with Gasteiger partial charge in [0.1, 0.15) is 5.75 Å². The Labute approximate surface area is 164 Å². The van der Waals surface area contributed by atoms with Gasteiger partial charge in [0.15, 0.2) is 11.7 Å². The molecule has 1 amide bonds. The minimum absolute atomic E-state index is 0.0412. The molecule has 7 heteroatoms. The fourth-order valence-electron chi connectivity index (χ4n) is 2.85. The standard InChI is InChI=1S/C20H22N4O2S/c1-4-14-7-5-6-12(2)19(14)22-20(27)24-23-13(3)15-8-9-17-16(10-15)21-18(25)11-26-17/h5-10H,4,11H2,1-3H3,(H,21,25)(H2,22,24,27)/b23-13-. The Morgan fingerprint density at radius 1 is 1.33 bits per heavy atom. The van der Waals surface area contributed by atoms with E-state index in [1.807, 2.05) is 44.2 Å². The summed E-state index contributed by atoms with van der Waals surface area (Å²) in [7, 11) is 0. The van der Waals surface area contributed by atoms with E-state index in [4.69, 9.17) is 17.0 Å². The maximum atomic E-state index is 11.5. The summed E-state index contributed by atoms with van der Waals surface area (Å²) in [4.78, 5) is 11.5. The summed E-state index contributed by atoms with van der Waals surface area (Å²) in [5.41, 5.74) is 8.47. The lowest BCUT2D eigenvalue weighted by Gasteiger charge is -2.18. The van der Waals surface area contributed by atoms with Crippen LogP contribution in [-0.4, -0.2) is 23.3 Å². The molecule has 2 aromatic rings. The van der Waals surface area contributed by atoms with Crippen LogP contribution in [0.1, 0.15) is 30.5 Å². The molecule has 0 unspecified atom stereocenters. The minimum atomic E-state index is -0.164. The van der Waals surface area contributed by atoms with Crippen LogP contribution in [0.3, 0.4) is 0 Å². The van der Waals surface area contributed by atoms with Crippen molar-refractivity contribution in [3.63, 3.8) is 0 Å². The van der Waals surface area contributed by atoms with Crippen molar-refractivity contribution in [3.05, 3.63) is 53.1 Å². The number of thiocarbonyl (C=S) groups is 1. The van der Waals surface area contributed by atoms with Crippen LogP contribution in [0.15, 0.2) is 41.5 Å². The Morgan fingerprint density at radius 2 is 2.15 bits per heavy atom. The Morgan fingerprint density at radius 3 is 2.93 bits per heavy atom. The van der Waals surface area contributed by atoms with E-state index < -0.39 is 0 Å². The van der Waals surface area contributed by atoms with Crippen molar-refractivity contribution in [2.45, 2.75) is 27.2 Å². The van der Waals surface area contributed by atoms with Crippen LogP contribution in [0.5, 0.6) is 5.75 Å². The van der Waals surface area contributed by atoms with Gasteiger partial charge in [0, 0.05) is 5.69 Å². The molecule has 1 aliphatic heterocycles. The highest BCUT2D eigenvalue weighted by atomic mass is 32.1. The number of hydrogen-bond donors (Lipinski definition) is 3. The maximum Gasteiger partial charge on any atom is 0.262 e. The van der Waals surface area contributed by atoms with Gasteiger partial charge in [0.2, 0.25) is 0 Å². The molecule has 2 aromatic carbocycles. The molecule has 27 heavy (non-hydrogen) atoms. The molecule has 3 N–H and O–H groups in total. The van der Waals surface area contributed by atoms with E-state index in [1.165, 1.54) is 5.56 Å². The number of fused-ring (bicyclic) bond motifs is 1. The fourth-order valence-corrected chi connectivity index (χ4v) is 3.00. The lowest BCUT2D eigenvalue weighted by molar-refractivity contribution is -0.118. The van der Waals surface area contributed by atoms with Crippen molar-refractivity contribution >= 4 is 40.3 Å². The predicted octanol–water partition coefficient (Wildman–Crippen LogP) is 3.60. The van der Waals surface area contributed by atoms with Crippen LogP contribution >= 0.6 is 12.2 Å². The van der Waals surface area contributed by atoms with Gasteiger partial charge in [-0.05, 0) is 67.4 Å². The number of hydrazone groups is 1. The normalized spacial score (nSPS) is 13.3. The number of carbonyl (C=O) groups excluding carboxylic acids is 1. The monoisotopic (exact) mass is 382 g/mol. The van der Waals surface area contributed by atoms with Crippen LogP contribution in [0.2, 0.25) is 0 Å². The van der Waals surface area contributed by atoms with Crippen molar-refractivity contribution in [1.29, 1.82) is 0 Å². The number of nitrogens with one attached hydrogen (secondary N) is 3. The summed E-state index contributed by atoms with van der Waals surface area (Å²) in [6.07, 6.45) is 0.915. The average Bonchev–Trinajstić information content (AvgIpc) is 2.67. The number of ether oxygens (including phenoxy) is 1. The van der Waals surface area contributed by atoms with Crippen molar-refractivity contribution < 1.29 is 9.53 Å². The van der Waals surface area contributed by atoms with Crippen LogP contribution < -0.4 is 20.8 Å². The molecule has 0 radical (unpaired) electrons. The third kappa shape index (κ3) is 4.43. The Hall–Kier alpha value is -2.93. The smallest absolute Gasteiger partial charge is 0.262 e. The molecule has 140 valence electrons. The lowest BCUT2D eigenvalue weighted by atomic mass is 10.1. The highest BCUT2D eigenvalue weighted by molar-refractivity contribution is 7.80. The average molecular weight is 382 g/mol. The fraction of sp³-hybridized carbons (Fsp3) is 0.250. The molecule has 3 rings (SSSR count). The van der Waals surface area contributed by atoms with Crippen molar-refractivity contribution in [2.24, 2.45) is 5.10 Å². The van der Waals surface area contributed by atoms with Crippen LogP contribution in [-0.2, 0) is 11.2 Å². The Bertz CT molecular complexity index is 924. The number of aryl methyl sites for hydroxylation is 2. The second-order valence-corrected chi connectivity index (χ2v) is 6.68. The topological polar surface area (TPSA) is 74.8 Å². The van der Waals surface area contributed by atoms with Gasteiger partial charge in [-0.25, -0.2) is 0 Å². The van der Waals surface area contributed by atoms with Crippen molar-refractivity contribution in [3.8, 4) is 5.75 Å². The second kappa shape index (κ2) is 8.18. The zero-order valence-corrected chi connectivity index (χ0v) is 16.4. The lowest BCUT2D eigenvalue weighted by Crippen LogP contribution is -2.26. The second-order valence-electron chi connectivity index (χ2n) is 6.27. The molecule has 1 heterocycles. The van der Waals surface area contributed by atoms with Crippen molar-refractivity contribution in [2.75, 3.05) is 17.2 Å². The quantitative estimate of drug-likeness (QED) is 0.428. The molecular formula is C20H22N4O2S. The summed E-state index contributed by atoms with van der Waals surface area (Å²) in [5.74, 6) is 0.491. The van der Waals surface area contributed by atoms with E-state index in [0.717, 1.165) is 28.9 Å². The van der Waals surface area contributed by atoms with Gasteiger partial charge >= 0.3 is 0 Å². The number of rotatable bonds is 4. The molecule has 0 spiro atoms. The molecule has 0 aliphatic carbocycles.